The Hall–Kier alpha value is -3.35. The number of rotatable bonds is 2. The fourth-order valence-corrected chi connectivity index (χ4v) is 5.64. The lowest BCUT2D eigenvalue weighted by molar-refractivity contribution is 0.666. The molecule has 0 amide bonds. The van der Waals surface area contributed by atoms with E-state index < -0.39 is 0 Å². The van der Waals surface area contributed by atoms with Gasteiger partial charge >= 0.3 is 0 Å². The highest BCUT2D eigenvalue weighted by Crippen LogP contribution is 2.54. The average molecular weight is 431 g/mol. The van der Waals surface area contributed by atoms with Gasteiger partial charge in [0.25, 0.3) is 0 Å². The Bertz CT molecular complexity index is 1490. The molecule has 154 valence electrons. The van der Waals surface area contributed by atoms with Gasteiger partial charge in [-0.25, -0.2) is 0 Å². The van der Waals surface area contributed by atoms with Crippen LogP contribution in [0.1, 0.15) is 25.0 Å². The minimum atomic E-state index is -0.0783. The summed E-state index contributed by atoms with van der Waals surface area (Å²) in [7, 11) is 0. The van der Waals surface area contributed by atoms with Crippen LogP contribution in [0.25, 0.3) is 44.2 Å². The molecule has 0 N–H and O–H groups in total. The Morgan fingerprint density at radius 1 is 0.594 bits per heavy atom. The summed E-state index contributed by atoms with van der Waals surface area (Å²) in [5.41, 5.74) is 9.99. The number of halogens is 1. The van der Waals surface area contributed by atoms with Gasteiger partial charge < -0.3 is 0 Å². The van der Waals surface area contributed by atoms with Crippen molar-refractivity contribution >= 4 is 22.4 Å². The van der Waals surface area contributed by atoms with Gasteiger partial charge in [0.2, 0.25) is 0 Å². The lowest BCUT2D eigenvalue weighted by Gasteiger charge is -2.23. The first-order valence-corrected chi connectivity index (χ1v) is 11.4. The summed E-state index contributed by atoms with van der Waals surface area (Å²) in [5, 5.41) is 3.41. The van der Waals surface area contributed by atoms with Crippen molar-refractivity contribution in [1.29, 1.82) is 0 Å². The molecule has 0 nitrogen and oxygen atoms in total. The molecule has 0 aromatic heterocycles. The molecule has 5 aromatic carbocycles. The van der Waals surface area contributed by atoms with Gasteiger partial charge in [-0.05, 0) is 61.8 Å². The maximum Gasteiger partial charge on any atom is 0.0485 e. The first-order chi connectivity index (χ1) is 15.6. The first-order valence-electron chi connectivity index (χ1n) is 11.1. The summed E-state index contributed by atoms with van der Waals surface area (Å²) in [6, 6.07) is 36.8. The highest BCUT2D eigenvalue weighted by atomic mass is 35.5. The second kappa shape index (κ2) is 7.08. The molecule has 32 heavy (non-hydrogen) atoms. The van der Waals surface area contributed by atoms with Crippen LogP contribution in [0.15, 0.2) is 103 Å². The molecule has 0 heterocycles. The zero-order valence-corrected chi connectivity index (χ0v) is 18.9. The van der Waals surface area contributed by atoms with Gasteiger partial charge in [-0.1, -0.05) is 116 Å². The molecule has 0 saturated carbocycles. The monoisotopic (exact) mass is 430 g/mol. The molecule has 0 saturated heterocycles. The van der Waals surface area contributed by atoms with Crippen molar-refractivity contribution in [1.82, 2.24) is 0 Å². The van der Waals surface area contributed by atoms with E-state index in [0.29, 0.717) is 0 Å². The molecule has 5 aromatic rings. The topological polar surface area (TPSA) is 0 Å². The summed E-state index contributed by atoms with van der Waals surface area (Å²) >= 11 is 6.81. The summed E-state index contributed by atoms with van der Waals surface area (Å²) in [6.07, 6.45) is 0. The predicted octanol–water partition coefficient (Wildman–Crippen LogP) is 9.13. The van der Waals surface area contributed by atoms with Crippen molar-refractivity contribution in [2.75, 3.05) is 0 Å². The van der Waals surface area contributed by atoms with Crippen LogP contribution in [-0.2, 0) is 5.41 Å². The van der Waals surface area contributed by atoms with Gasteiger partial charge in [-0.3, -0.25) is 0 Å². The van der Waals surface area contributed by atoms with E-state index >= 15 is 0 Å². The molecule has 0 atom stereocenters. The molecule has 0 unspecified atom stereocenters. The third-order valence-electron chi connectivity index (χ3n) is 6.92. The molecule has 1 aliphatic carbocycles. The quantitative estimate of drug-likeness (QED) is 0.262. The lowest BCUT2D eigenvalue weighted by atomic mass is 9.80. The van der Waals surface area contributed by atoms with E-state index in [0.717, 1.165) is 10.6 Å². The third-order valence-corrected chi connectivity index (χ3v) is 7.25. The third kappa shape index (κ3) is 2.76. The molecule has 1 heteroatoms. The summed E-state index contributed by atoms with van der Waals surface area (Å²) in [5.74, 6) is 0. The average Bonchev–Trinajstić information content (AvgIpc) is 3.07. The van der Waals surface area contributed by atoms with Crippen LogP contribution in [0.4, 0.5) is 0 Å². The predicted molar refractivity (Wildman–Crippen MR) is 137 cm³/mol. The second-order valence-corrected chi connectivity index (χ2v) is 9.53. The molecular weight excluding hydrogens is 408 g/mol. The van der Waals surface area contributed by atoms with Gasteiger partial charge in [0.1, 0.15) is 0 Å². The largest absolute Gasteiger partial charge is 0.0837 e. The zero-order valence-electron chi connectivity index (χ0n) is 18.2. The van der Waals surface area contributed by atoms with Crippen molar-refractivity contribution in [2.45, 2.75) is 19.3 Å². The van der Waals surface area contributed by atoms with Crippen LogP contribution >= 0.6 is 11.6 Å². The SMILES string of the molecule is CC1(C)c2cccc(-c3cc(-c4ccccc4)ccc3Cl)c2-c2ccc3ccccc3c21. The number of hydrogen-bond donors (Lipinski definition) is 0. The summed E-state index contributed by atoms with van der Waals surface area (Å²) < 4.78 is 0. The molecule has 6 rings (SSSR count). The minimum Gasteiger partial charge on any atom is -0.0837 e. The fourth-order valence-electron chi connectivity index (χ4n) is 5.42. The Morgan fingerprint density at radius 3 is 2.22 bits per heavy atom. The lowest BCUT2D eigenvalue weighted by Crippen LogP contribution is -2.15. The number of hydrogen-bond acceptors (Lipinski definition) is 0. The minimum absolute atomic E-state index is 0.0783. The molecule has 0 radical (unpaired) electrons. The van der Waals surface area contributed by atoms with Crippen LogP contribution in [0, 0.1) is 0 Å². The van der Waals surface area contributed by atoms with Gasteiger partial charge in [-0.15, -0.1) is 0 Å². The molecule has 0 bridgehead atoms. The first kappa shape index (κ1) is 19.3. The maximum absolute atomic E-state index is 6.81. The van der Waals surface area contributed by atoms with Gasteiger partial charge in [-0.2, -0.15) is 0 Å². The number of fused-ring (bicyclic) bond motifs is 5. The Balaban J connectivity index is 1.64. The van der Waals surface area contributed by atoms with Crippen molar-refractivity contribution in [3.05, 3.63) is 119 Å². The molecule has 1 aliphatic rings. The van der Waals surface area contributed by atoms with Crippen molar-refractivity contribution in [3.8, 4) is 33.4 Å². The van der Waals surface area contributed by atoms with E-state index in [1.165, 1.54) is 49.7 Å². The van der Waals surface area contributed by atoms with E-state index in [1.807, 2.05) is 12.1 Å². The Morgan fingerprint density at radius 2 is 1.38 bits per heavy atom. The van der Waals surface area contributed by atoms with Crippen molar-refractivity contribution in [3.63, 3.8) is 0 Å². The van der Waals surface area contributed by atoms with E-state index in [9.17, 15) is 0 Å². The van der Waals surface area contributed by atoms with E-state index in [1.54, 1.807) is 0 Å². The summed E-state index contributed by atoms with van der Waals surface area (Å²) in [6.45, 7) is 4.69. The highest BCUT2D eigenvalue weighted by Gasteiger charge is 2.38. The van der Waals surface area contributed by atoms with Crippen LogP contribution in [0.2, 0.25) is 5.02 Å². The zero-order chi connectivity index (χ0) is 21.9. The highest BCUT2D eigenvalue weighted by molar-refractivity contribution is 6.33. The second-order valence-electron chi connectivity index (χ2n) is 9.12. The van der Waals surface area contributed by atoms with Gasteiger partial charge in [0.15, 0.2) is 0 Å². The van der Waals surface area contributed by atoms with Crippen molar-refractivity contribution in [2.24, 2.45) is 0 Å². The number of benzene rings is 5. The van der Waals surface area contributed by atoms with Crippen LogP contribution in [0.3, 0.4) is 0 Å². The Kier molecular flexibility index (Phi) is 4.28. The summed E-state index contributed by atoms with van der Waals surface area (Å²) in [4.78, 5) is 0. The molecule has 0 fully saturated rings. The van der Waals surface area contributed by atoms with Crippen LogP contribution < -0.4 is 0 Å². The van der Waals surface area contributed by atoms with Gasteiger partial charge in [0, 0.05) is 16.0 Å². The normalized spacial score (nSPS) is 13.7. The smallest absolute Gasteiger partial charge is 0.0485 e. The fraction of sp³-hybridized carbons (Fsp3) is 0.0968. The van der Waals surface area contributed by atoms with Crippen LogP contribution in [-0.4, -0.2) is 0 Å². The molecule has 0 spiro atoms. The standard InChI is InChI=1S/C31H23Cl/c1-31(2)27-14-8-13-24(26-19-22(16-18-28(26)32)20-9-4-3-5-10-20)29(27)25-17-15-21-11-6-7-12-23(21)30(25)31/h3-19H,1-2H3. The van der Waals surface area contributed by atoms with Crippen molar-refractivity contribution < 1.29 is 0 Å². The maximum atomic E-state index is 6.81. The molecular formula is C31H23Cl. The van der Waals surface area contributed by atoms with Crippen LogP contribution in [0.5, 0.6) is 0 Å². The van der Waals surface area contributed by atoms with E-state index in [-0.39, 0.29) is 5.41 Å². The van der Waals surface area contributed by atoms with E-state index in [4.69, 9.17) is 11.6 Å². The van der Waals surface area contributed by atoms with Gasteiger partial charge in [0.05, 0.1) is 0 Å². The Labute approximate surface area is 194 Å². The van der Waals surface area contributed by atoms with E-state index in [2.05, 4.69) is 105 Å². The molecule has 0 aliphatic heterocycles.